The van der Waals surface area contributed by atoms with Crippen molar-refractivity contribution in [3.63, 3.8) is 0 Å². The van der Waals surface area contributed by atoms with E-state index in [9.17, 15) is 8.42 Å². The molecule has 3 rings (SSSR count). The molecule has 0 saturated heterocycles. The maximum absolute atomic E-state index is 10.7. The fraction of sp³-hybridized carbons (Fsp3) is 0.684. The molecule has 0 saturated carbocycles. The van der Waals surface area contributed by atoms with Crippen molar-refractivity contribution >= 4 is 10.4 Å². The van der Waals surface area contributed by atoms with Gasteiger partial charge in [0.25, 0.3) is 0 Å². The minimum absolute atomic E-state index is 0.0729. The lowest BCUT2D eigenvalue weighted by molar-refractivity contribution is -0.614. The highest BCUT2D eigenvalue weighted by molar-refractivity contribution is 7.80. The Balaban J connectivity index is 1.68. The maximum Gasteiger partial charge on any atom is 0.397 e. The molecule has 1 aliphatic heterocycles. The average Bonchev–Trinajstić information content (AvgIpc) is 3.24. The van der Waals surface area contributed by atoms with Crippen LogP contribution in [-0.2, 0) is 39.8 Å². The van der Waals surface area contributed by atoms with E-state index in [1.54, 1.807) is 6.20 Å². The Morgan fingerprint density at radius 1 is 1.03 bits per heavy atom. The van der Waals surface area contributed by atoms with E-state index in [-0.39, 0.29) is 24.2 Å². The molecular weight excluding hydrogens is 450 g/mol. The second-order valence-corrected chi connectivity index (χ2v) is 11.0. The smallest absolute Gasteiger partial charge is 0.285 e. The SMILES string of the molecule is CC(C)(C)n1cc(CN(CC2=C[N+](C(C)(C)C)=N2)Cc2cn(CCOS(=O)(=O)O)nn2)nn1. The van der Waals surface area contributed by atoms with Crippen LogP contribution in [0.5, 0.6) is 0 Å². The predicted molar refractivity (Wildman–Crippen MR) is 117 cm³/mol. The molecule has 13 nitrogen and oxygen atoms in total. The van der Waals surface area contributed by atoms with Crippen molar-refractivity contribution in [1.29, 1.82) is 0 Å². The van der Waals surface area contributed by atoms with Crippen LogP contribution in [0.4, 0.5) is 0 Å². The molecule has 2 aromatic rings. The third-order valence-electron chi connectivity index (χ3n) is 4.72. The van der Waals surface area contributed by atoms with E-state index < -0.39 is 10.4 Å². The molecule has 0 amide bonds. The molecule has 14 heteroatoms. The molecule has 0 bridgehead atoms. The van der Waals surface area contributed by atoms with E-state index in [1.807, 2.05) is 21.8 Å². The van der Waals surface area contributed by atoms with Gasteiger partial charge in [-0.1, -0.05) is 15.1 Å². The summed E-state index contributed by atoms with van der Waals surface area (Å²) in [6.07, 6.45) is 5.67. The van der Waals surface area contributed by atoms with Gasteiger partial charge in [0.15, 0.2) is 11.2 Å². The number of nitrogens with zero attached hydrogens (tertiary/aromatic N) is 9. The minimum atomic E-state index is -4.48. The minimum Gasteiger partial charge on any atom is -0.285 e. The Morgan fingerprint density at radius 3 is 2.18 bits per heavy atom. The van der Waals surface area contributed by atoms with Crippen molar-refractivity contribution in [1.82, 2.24) is 34.9 Å². The van der Waals surface area contributed by atoms with Crippen molar-refractivity contribution in [3.05, 3.63) is 35.7 Å². The van der Waals surface area contributed by atoms with Crippen molar-refractivity contribution in [3.8, 4) is 0 Å². The first kappa shape index (κ1) is 25.1. The molecule has 3 heterocycles. The summed E-state index contributed by atoms with van der Waals surface area (Å²) < 4.78 is 39.6. The van der Waals surface area contributed by atoms with Crippen LogP contribution in [0.25, 0.3) is 0 Å². The van der Waals surface area contributed by atoms with Gasteiger partial charge in [0, 0.05) is 45.2 Å². The largest absolute Gasteiger partial charge is 0.397 e. The highest BCUT2D eigenvalue weighted by atomic mass is 32.3. The third-order valence-corrected chi connectivity index (χ3v) is 5.18. The second kappa shape index (κ2) is 9.37. The fourth-order valence-electron chi connectivity index (χ4n) is 3.00. The molecule has 0 spiro atoms. The van der Waals surface area contributed by atoms with Crippen molar-refractivity contribution in [2.75, 3.05) is 13.2 Å². The highest BCUT2D eigenvalue weighted by Crippen LogP contribution is 2.22. The summed E-state index contributed by atoms with van der Waals surface area (Å²) in [5, 5.41) is 21.3. The third kappa shape index (κ3) is 7.48. The molecule has 1 aliphatic rings. The van der Waals surface area contributed by atoms with Crippen LogP contribution in [0.1, 0.15) is 52.9 Å². The van der Waals surface area contributed by atoms with Crippen LogP contribution < -0.4 is 0 Å². The van der Waals surface area contributed by atoms with Crippen LogP contribution in [0.15, 0.2) is 29.4 Å². The summed E-state index contributed by atoms with van der Waals surface area (Å²) >= 11 is 0. The molecule has 0 aromatic carbocycles. The number of hydrogen-bond donors (Lipinski definition) is 1. The fourth-order valence-corrected chi connectivity index (χ4v) is 3.29. The van der Waals surface area contributed by atoms with Crippen molar-refractivity contribution in [2.24, 2.45) is 5.11 Å². The van der Waals surface area contributed by atoms with E-state index in [0.29, 0.717) is 25.3 Å². The first-order valence-corrected chi connectivity index (χ1v) is 11.9. The van der Waals surface area contributed by atoms with Gasteiger partial charge in [-0.05, 0) is 20.8 Å². The Bertz CT molecular complexity index is 1140. The predicted octanol–water partition coefficient (Wildman–Crippen LogP) is 1.56. The van der Waals surface area contributed by atoms with Gasteiger partial charge < -0.3 is 0 Å². The maximum atomic E-state index is 10.7. The average molecular weight is 483 g/mol. The van der Waals surface area contributed by atoms with Crippen LogP contribution in [0.3, 0.4) is 0 Å². The van der Waals surface area contributed by atoms with Crippen LogP contribution in [0.2, 0.25) is 0 Å². The first-order chi connectivity index (χ1) is 15.2. The summed E-state index contributed by atoms with van der Waals surface area (Å²) in [5.74, 6) is 0. The van der Waals surface area contributed by atoms with Gasteiger partial charge in [-0.2, -0.15) is 8.42 Å². The van der Waals surface area contributed by atoms with Crippen LogP contribution in [0, 0.1) is 0 Å². The summed E-state index contributed by atoms with van der Waals surface area (Å²) in [4.78, 5) is 2.13. The molecule has 0 unspecified atom stereocenters. The molecule has 0 radical (unpaired) electrons. The first-order valence-electron chi connectivity index (χ1n) is 10.6. The Kier molecular flexibility index (Phi) is 7.12. The van der Waals surface area contributed by atoms with E-state index in [1.165, 1.54) is 4.68 Å². The summed E-state index contributed by atoms with van der Waals surface area (Å²) in [7, 11) is -4.48. The summed E-state index contributed by atoms with van der Waals surface area (Å²) in [6.45, 7) is 14.0. The molecule has 1 N–H and O–H groups in total. The number of aromatic nitrogens is 6. The van der Waals surface area contributed by atoms with Crippen LogP contribution in [-0.4, -0.2) is 71.2 Å². The lowest BCUT2D eigenvalue weighted by Crippen LogP contribution is -2.35. The van der Waals surface area contributed by atoms with Crippen molar-refractivity contribution in [2.45, 2.75) is 72.3 Å². The van der Waals surface area contributed by atoms with E-state index in [0.717, 1.165) is 11.4 Å². The quantitative estimate of drug-likeness (QED) is 0.394. The zero-order chi connectivity index (χ0) is 24.4. The topological polar surface area (TPSA) is 144 Å². The Morgan fingerprint density at radius 2 is 1.64 bits per heavy atom. The Hall–Kier alpha value is -2.55. The molecule has 182 valence electrons. The van der Waals surface area contributed by atoms with Gasteiger partial charge >= 0.3 is 10.4 Å². The number of azo groups is 2. The van der Waals surface area contributed by atoms with Crippen LogP contribution >= 0.6 is 0 Å². The zero-order valence-electron chi connectivity index (χ0n) is 19.9. The summed E-state index contributed by atoms with van der Waals surface area (Å²) in [6, 6.07) is 0. The molecule has 0 aliphatic carbocycles. The molecule has 0 atom stereocenters. The number of rotatable bonds is 10. The summed E-state index contributed by atoms with van der Waals surface area (Å²) in [5.41, 5.74) is 2.23. The lowest BCUT2D eigenvalue weighted by Gasteiger charge is -2.22. The van der Waals surface area contributed by atoms with Gasteiger partial charge in [-0.3, -0.25) is 9.45 Å². The van der Waals surface area contributed by atoms with E-state index >= 15 is 0 Å². The van der Waals surface area contributed by atoms with Gasteiger partial charge in [0.2, 0.25) is 6.20 Å². The molecule has 2 aromatic heterocycles. The normalized spacial score (nSPS) is 14.9. The second-order valence-electron chi connectivity index (χ2n) is 9.93. The lowest BCUT2D eigenvalue weighted by atomic mass is 10.1. The zero-order valence-corrected chi connectivity index (χ0v) is 20.7. The Labute approximate surface area is 193 Å². The van der Waals surface area contributed by atoms with E-state index in [2.05, 4.69) is 76.4 Å². The monoisotopic (exact) mass is 482 g/mol. The van der Waals surface area contributed by atoms with Gasteiger partial charge in [-0.15, -0.1) is 10.2 Å². The van der Waals surface area contributed by atoms with Gasteiger partial charge in [0.1, 0.15) is 0 Å². The standard InChI is InChI=1S/C19H31N9O4S/c1-18(2,3)27-14-17(22-27)11-25(10-16-13-28(24-21-16)19(4,5)6)9-15-12-26(23-20-15)7-8-32-33(29,30)31/h12-14H,7-11H2,1-6H3/p+1. The molecule has 0 fully saturated rings. The molecular formula is C19H32N9O4S+. The van der Waals surface area contributed by atoms with Crippen molar-refractivity contribution < 1.29 is 21.9 Å². The van der Waals surface area contributed by atoms with Gasteiger partial charge in [0.05, 0.1) is 42.8 Å². The van der Waals surface area contributed by atoms with E-state index in [4.69, 9.17) is 4.55 Å². The highest BCUT2D eigenvalue weighted by Gasteiger charge is 2.33. The van der Waals surface area contributed by atoms with Gasteiger partial charge in [-0.25, -0.2) is 13.5 Å². The molecule has 33 heavy (non-hydrogen) atoms. The number of hydrogen-bond acceptors (Lipinski definition) is 9.